The first-order valence-electron chi connectivity index (χ1n) is 3.66. The quantitative estimate of drug-likeness (QED) is 0.501. The van der Waals surface area contributed by atoms with Crippen molar-refractivity contribution in [1.82, 2.24) is 5.32 Å². The molecule has 2 rings (SSSR count). The van der Waals surface area contributed by atoms with E-state index < -0.39 is 6.10 Å². The highest BCUT2D eigenvalue weighted by atomic mass is 16.3. The SMILES string of the molecule is O=C1C=C2CCNC2=C[C@H]1O. The van der Waals surface area contributed by atoms with E-state index in [9.17, 15) is 4.79 Å². The molecule has 1 aliphatic carbocycles. The van der Waals surface area contributed by atoms with Crippen LogP contribution in [0.15, 0.2) is 23.4 Å². The second kappa shape index (κ2) is 2.20. The van der Waals surface area contributed by atoms with Crippen LogP contribution in [-0.2, 0) is 4.79 Å². The maximum atomic E-state index is 10.9. The average Bonchev–Trinajstić information content (AvgIpc) is 2.36. The zero-order chi connectivity index (χ0) is 7.84. The Kier molecular flexibility index (Phi) is 1.32. The highest BCUT2D eigenvalue weighted by Crippen LogP contribution is 2.22. The van der Waals surface area contributed by atoms with Crippen molar-refractivity contribution in [2.45, 2.75) is 12.5 Å². The summed E-state index contributed by atoms with van der Waals surface area (Å²) >= 11 is 0. The third-order valence-electron chi connectivity index (χ3n) is 1.99. The van der Waals surface area contributed by atoms with Crippen LogP contribution < -0.4 is 5.32 Å². The Morgan fingerprint density at radius 2 is 2.45 bits per heavy atom. The summed E-state index contributed by atoms with van der Waals surface area (Å²) in [5, 5.41) is 12.2. The summed E-state index contributed by atoms with van der Waals surface area (Å²) in [5.41, 5.74) is 1.96. The van der Waals surface area contributed by atoms with Gasteiger partial charge in [0.1, 0.15) is 6.10 Å². The van der Waals surface area contributed by atoms with Crippen LogP contribution >= 0.6 is 0 Å². The summed E-state index contributed by atoms with van der Waals surface area (Å²) in [7, 11) is 0. The molecule has 1 heterocycles. The van der Waals surface area contributed by atoms with E-state index >= 15 is 0 Å². The fourth-order valence-corrected chi connectivity index (χ4v) is 1.39. The summed E-state index contributed by atoms with van der Waals surface area (Å²) < 4.78 is 0. The molecular formula is C8H9NO2. The minimum absolute atomic E-state index is 0.201. The van der Waals surface area contributed by atoms with Gasteiger partial charge in [-0.3, -0.25) is 4.79 Å². The minimum Gasteiger partial charge on any atom is -0.385 e. The summed E-state index contributed by atoms with van der Waals surface area (Å²) in [6, 6.07) is 0. The molecule has 0 aromatic carbocycles. The predicted octanol–water partition coefficient (Wildman–Crippen LogP) is -0.266. The van der Waals surface area contributed by atoms with Crippen LogP contribution in [-0.4, -0.2) is 23.5 Å². The first kappa shape index (κ1) is 6.61. The van der Waals surface area contributed by atoms with Crippen LogP contribution in [0, 0.1) is 0 Å². The molecule has 1 saturated heterocycles. The first-order chi connectivity index (χ1) is 5.27. The Morgan fingerprint density at radius 3 is 3.27 bits per heavy atom. The Morgan fingerprint density at radius 1 is 1.64 bits per heavy atom. The molecule has 3 nitrogen and oxygen atoms in total. The van der Waals surface area contributed by atoms with Crippen LogP contribution in [0.5, 0.6) is 0 Å². The molecular weight excluding hydrogens is 142 g/mol. The summed E-state index contributed by atoms with van der Waals surface area (Å²) in [6.45, 7) is 0.873. The fourth-order valence-electron chi connectivity index (χ4n) is 1.39. The molecule has 0 amide bonds. The lowest BCUT2D eigenvalue weighted by molar-refractivity contribution is -0.120. The normalized spacial score (nSPS) is 28.8. The molecule has 0 aromatic heterocycles. The van der Waals surface area contributed by atoms with E-state index in [0.29, 0.717) is 0 Å². The molecule has 3 heteroatoms. The summed E-state index contributed by atoms with van der Waals surface area (Å²) in [6.07, 6.45) is 3.06. The molecule has 11 heavy (non-hydrogen) atoms. The fraction of sp³-hybridized carbons (Fsp3) is 0.375. The van der Waals surface area contributed by atoms with Crippen LogP contribution in [0.1, 0.15) is 6.42 Å². The summed E-state index contributed by atoms with van der Waals surface area (Å²) in [5.74, 6) is -0.201. The lowest BCUT2D eigenvalue weighted by Gasteiger charge is -2.10. The largest absolute Gasteiger partial charge is 0.385 e. The molecule has 2 N–H and O–H groups in total. The van der Waals surface area contributed by atoms with Crippen LogP contribution in [0.3, 0.4) is 0 Å². The van der Waals surface area contributed by atoms with Crippen molar-refractivity contribution in [3.63, 3.8) is 0 Å². The van der Waals surface area contributed by atoms with E-state index in [1.807, 2.05) is 0 Å². The third kappa shape index (κ3) is 0.973. The van der Waals surface area contributed by atoms with Gasteiger partial charge in [-0.2, -0.15) is 0 Å². The number of fused-ring (bicyclic) bond motifs is 1. The van der Waals surface area contributed by atoms with Gasteiger partial charge in [0.25, 0.3) is 0 Å². The monoisotopic (exact) mass is 151 g/mol. The van der Waals surface area contributed by atoms with Crippen molar-refractivity contribution in [3.05, 3.63) is 23.4 Å². The standard InChI is InChI=1S/C8H9NO2/c10-7-3-5-1-2-9-6(5)4-8(7)11/h3-4,8-9,11H,1-2H2/t8-/m1/s1. The molecule has 0 saturated carbocycles. The molecule has 1 atom stereocenters. The number of carbonyl (C=O) groups is 1. The molecule has 1 aliphatic heterocycles. The maximum absolute atomic E-state index is 10.9. The number of aliphatic hydroxyl groups excluding tert-OH is 1. The van der Waals surface area contributed by atoms with E-state index in [-0.39, 0.29) is 5.78 Å². The zero-order valence-corrected chi connectivity index (χ0v) is 6.00. The van der Waals surface area contributed by atoms with E-state index in [1.165, 1.54) is 6.08 Å². The van der Waals surface area contributed by atoms with E-state index in [2.05, 4.69) is 5.32 Å². The predicted molar refractivity (Wildman–Crippen MR) is 39.8 cm³/mol. The van der Waals surface area contributed by atoms with E-state index in [1.54, 1.807) is 6.08 Å². The van der Waals surface area contributed by atoms with Crippen molar-refractivity contribution in [2.75, 3.05) is 6.54 Å². The third-order valence-corrected chi connectivity index (χ3v) is 1.99. The average molecular weight is 151 g/mol. The van der Waals surface area contributed by atoms with Gasteiger partial charge in [-0.15, -0.1) is 0 Å². The highest BCUT2D eigenvalue weighted by Gasteiger charge is 2.23. The Hall–Kier alpha value is -1.09. The van der Waals surface area contributed by atoms with Crippen molar-refractivity contribution >= 4 is 5.78 Å². The molecule has 58 valence electrons. The number of rotatable bonds is 0. The molecule has 0 unspecified atom stereocenters. The van der Waals surface area contributed by atoms with Gasteiger partial charge in [0.2, 0.25) is 0 Å². The topological polar surface area (TPSA) is 49.3 Å². The number of hydrogen-bond acceptors (Lipinski definition) is 3. The van der Waals surface area contributed by atoms with Gasteiger partial charge in [-0.05, 0) is 24.1 Å². The smallest absolute Gasteiger partial charge is 0.188 e. The molecule has 2 aliphatic rings. The molecule has 0 bridgehead atoms. The Bertz CT molecular complexity index is 265. The van der Waals surface area contributed by atoms with Crippen molar-refractivity contribution < 1.29 is 9.90 Å². The van der Waals surface area contributed by atoms with Crippen LogP contribution in [0.25, 0.3) is 0 Å². The molecule has 0 aromatic rings. The lowest BCUT2D eigenvalue weighted by Crippen LogP contribution is -2.21. The van der Waals surface area contributed by atoms with Crippen molar-refractivity contribution in [2.24, 2.45) is 0 Å². The van der Waals surface area contributed by atoms with Gasteiger partial charge in [-0.1, -0.05) is 0 Å². The van der Waals surface area contributed by atoms with Crippen molar-refractivity contribution in [1.29, 1.82) is 0 Å². The molecule has 1 fully saturated rings. The second-order valence-corrected chi connectivity index (χ2v) is 2.77. The van der Waals surface area contributed by atoms with Gasteiger partial charge in [0.05, 0.1) is 0 Å². The number of carbonyl (C=O) groups excluding carboxylic acids is 1. The minimum atomic E-state index is -0.931. The summed E-state index contributed by atoms with van der Waals surface area (Å²) in [4.78, 5) is 10.9. The second-order valence-electron chi connectivity index (χ2n) is 2.77. The van der Waals surface area contributed by atoms with E-state index in [0.717, 1.165) is 24.2 Å². The highest BCUT2D eigenvalue weighted by molar-refractivity contribution is 5.97. The molecule has 0 radical (unpaired) electrons. The van der Waals surface area contributed by atoms with E-state index in [4.69, 9.17) is 5.11 Å². The number of aliphatic hydroxyl groups is 1. The number of allylic oxidation sites excluding steroid dienone is 1. The lowest BCUT2D eigenvalue weighted by atomic mass is 10.0. The van der Waals surface area contributed by atoms with Gasteiger partial charge in [-0.25, -0.2) is 0 Å². The Balaban J connectivity index is 2.36. The zero-order valence-electron chi connectivity index (χ0n) is 6.00. The van der Waals surface area contributed by atoms with Gasteiger partial charge in [0.15, 0.2) is 5.78 Å². The Labute approximate surface area is 64.4 Å². The number of nitrogens with one attached hydrogen (secondary N) is 1. The number of ketones is 1. The van der Waals surface area contributed by atoms with Gasteiger partial charge >= 0.3 is 0 Å². The van der Waals surface area contributed by atoms with Gasteiger partial charge < -0.3 is 10.4 Å². The van der Waals surface area contributed by atoms with Crippen LogP contribution in [0.2, 0.25) is 0 Å². The van der Waals surface area contributed by atoms with Crippen LogP contribution in [0.4, 0.5) is 0 Å². The van der Waals surface area contributed by atoms with Crippen molar-refractivity contribution in [3.8, 4) is 0 Å². The van der Waals surface area contributed by atoms with Gasteiger partial charge in [0, 0.05) is 12.2 Å². The number of hydrogen-bond donors (Lipinski definition) is 2. The first-order valence-corrected chi connectivity index (χ1v) is 3.66. The maximum Gasteiger partial charge on any atom is 0.188 e. The molecule has 0 spiro atoms.